The van der Waals surface area contributed by atoms with Crippen LogP contribution >= 0.6 is 15.9 Å². The van der Waals surface area contributed by atoms with Crippen LogP contribution < -0.4 is 9.47 Å². The van der Waals surface area contributed by atoms with Crippen molar-refractivity contribution in [3.8, 4) is 11.5 Å². The van der Waals surface area contributed by atoms with E-state index in [-0.39, 0.29) is 18.3 Å². The predicted molar refractivity (Wildman–Crippen MR) is 103 cm³/mol. The fraction of sp³-hybridized carbons (Fsp3) is 0.350. The highest BCUT2D eigenvalue weighted by Crippen LogP contribution is 2.25. The Labute approximate surface area is 162 Å². The molecule has 2 aromatic carbocycles. The predicted octanol–water partition coefficient (Wildman–Crippen LogP) is 4.59. The number of benzene rings is 2. The molecule has 0 aromatic heterocycles. The highest BCUT2D eigenvalue weighted by molar-refractivity contribution is 9.10. The molecule has 0 N–H and O–H groups in total. The summed E-state index contributed by atoms with van der Waals surface area (Å²) in [5.41, 5.74) is 1.40. The zero-order chi connectivity index (χ0) is 19.1. The van der Waals surface area contributed by atoms with Gasteiger partial charge in [0.25, 0.3) is 0 Å². The lowest BCUT2D eigenvalue weighted by atomic mass is 10.1. The molecule has 0 heterocycles. The van der Waals surface area contributed by atoms with Crippen LogP contribution in [0.2, 0.25) is 0 Å². The number of carbonyl (C=O) groups excluding carboxylic acids is 1. The fourth-order valence-corrected chi connectivity index (χ4v) is 3.13. The molecule has 0 saturated carbocycles. The van der Waals surface area contributed by atoms with E-state index in [2.05, 4.69) is 15.9 Å². The summed E-state index contributed by atoms with van der Waals surface area (Å²) in [6.45, 7) is 2.65. The van der Waals surface area contributed by atoms with Crippen LogP contribution in [0.1, 0.15) is 24.5 Å². The van der Waals surface area contributed by atoms with Crippen molar-refractivity contribution in [1.82, 2.24) is 4.90 Å². The van der Waals surface area contributed by atoms with Gasteiger partial charge >= 0.3 is 0 Å². The molecule has 0 spiro atoms. The van der Waals surface area contributed by atoms with E-state index in [0.29, 0.717) is 24.9 Å². The molecule has 140 valence electrons. The summed E-state index contributed by atoms with van der Waals surface area (Å²) in [5, 5.41) is 0. The molecule has 0 unspecified atom stereocenters. The van der Waals surface area contributed by atoms with Crippen LogP contribution in [0.25, 0.3) is 0 Å². The van der Waals surface area contributed by atoms with Crippen molar-refractivity contribution in [2.24, 2.45) is 0 Å². The molecule has 0 fully saturated rings. The highest BCUT2D eigenvalue weighted by Gasteiger charge is 2.16. The van der Waals surface area contributed by atoms with E-state index >= 15 is 0 Å². The molecule has 0 aliphatic rings. The van der Waals surface area contributed by atoms with Crippen molar-refractivity contribution < 1.29 is 18.7 Å². The van der Waals surface area contributed by atoms with Gasteiger partial charge in [0.1, 0.15) is 17.3 Å². The van der Waals surface area contributed by atoms with Crippen LogP contribution in [-0.2, 0) is 17.8 Å². The summed E-state index contributed by atoms with van der Waals surface area (Å²) in [6, 6.07) is 10.3. The minimum atomic E-state index is -0.311. The summed E-state index contributed by atoms with van der Waals surface area (Å²) < 4.78 is 25.4. The zero-order valence-corrected chi connectivity index (χ0v) is 16.8. The van der Waals surface area contributed by atoms with E-state index in [1.54, 1.807) is 31.3 Å². The third-order valence-corrected chi connectivity index (χ3v) is 4.69. The molecule has 1 amide bonds. The smallest absolute Gasteiger partial charge is 0.223 e. The molecule has 2 aromatic rings. The molecule has 0 atom stereocenters. The Morgan fingerprint density at radius 1 is 1.12 bits per heavy atom. The van der Waals surface area contributed by atoms with Crippen molar-refractivity contribution in [2.45, 2.75) is 26.3 Å². The molecule has 0 radical (unpaired) electrons. The number of methoxy groups -OCH3 is 2. The molecule has 4 nitrogen and oxygen atoms in total. The van der Waals surface area contributed by atoms with Crippen molar-refractivity contribution in [2.75, 3.05) is 20.8 Å². The molecule has 0 saturated heterocycles. The molecule has 2 rings (SSSR count). The fourth-order valence-electron chi connectivity index (χ4n) is 2.72. The first-order chi connectivity index (χ1) is 12.5. The Hall–Kier alpha value is -2.08. The van der Waals surface area contributed by atoms with Crippen LogP contribution in [0.15, 0.2) is 40.9 Å². The van der Waals surface area contributed by atoms with E-state index in [4.69, 9.17) is 9.47 Å². The van der Waals surface area contributed by atoms with Gasteiger partial charge < -0.3 is 14.4 Å². The number of carbonyl (C=O) groups is 1. The van der Waals surface area contributed by atoms with Gasteiger partial charge in [0, 0.05) is 29.5 Å². The SMILES string of the molecule is CCN(Cc1cc(Br)ccc1F)C(=O)CCc1cc(OC)ccc1OC. The van der Waals surface area contributed by atoms with Gasteiger partial charge in [-0.05, 0) is 55.3 Å². The van der Waals surface area contributed by atoms with Gasteiger partial charge in [0.2, 0.25) is 5.91 Å². The van der Waals surface area contributed by atoms with E-state index in [0.717, 1.165) is 21.5 Å². The zero-order valence-electron chi connectivity index (χ0n) is 15.2. The second-order valence-electron chi connectivity index (χ2n) is 5.82. The first kappa shape index (κ1) is 20.2. The number of nitrogens with zero attached hydrogens (tertiary/aromatic N) is 1. The monoisotopic (exact) mass is 423 g/mol. The minimum Gasteiger partial charge on any atom is -0.497 e. The lowest BCUT2D eigenvalue weighted by Gasteiger charge is -2.22. The van der Waals surface area contributed by atoms with Crippen molar-refractivity contribution >= 4 is 21.8 Å². The Morgan fingerprint density at radius 3 is 2.54 bits per heavy atom. The number of aryl methyl sites for hydroxylation is 1. The molecule has 26 heavy (non-hydrogen) atoms. The minimum absolute atomic E-state index is 0.0308. The largest absolute Gasteiger partial charge is 0.497 e. The van der Waals surface area contributed by atoms with Gasteiger partial charge in [-0.15, -0.1) is 0 Å². The molecule has 0 bridgehead atoms. The Balaban J connectivity index is 2.06. The quantitative estimate of drug-likeness (QED) is 0.623. The maximum atomic E-state index is 14.0. The van der Waals surface area contributed by atoms with Gasteiger partial charge in [-0.3, -0.25) is 4.79 Å². The number of ether oxygens (including phenoxy) is 2. The highest BCUT2D eigenvalue weighted by atomic mass is 79.9. The second-order valence-corrected chi connectivity index (χ2v) is 6.74. The maximum Gasteiger partial charge on any atom is 0.223 e. The number of rotatable bonds is 8. The van der Waals surface area contributed by atoms with Gasteiger partial charge in [-0.2, -0.15) is 0 Å². The lowest BCUT2D eigenvalue weighted by molar-refractivity contribution is -0.131. The van der Waals surface area contributed by atoms with E-state index < -0.39 is 0 Å². The summed E-state index contributed by atoms with van der Waals surface area (Å²) in [4.78, 5) is 14.3. The molecule has 6 heteroatoms. The second kappa shape index (κ2) is 9.57. The molecular formula is C20H23BrFNO3. The summed E-state index contributed by atoms with van der Waals surface area (Å²) in [6.07, 6.45) is 0.837. The van der Waals surface area contributed by atoms with Gasteiger partial charge in [0.15, 0.2) is 0 Å². The van der Waals surface area contributed by atoms with Crippen LogP contribution in [-0.4, -0.2) is 31.6 Å². The first-order valence-corrected chi connectivity index (χ1v) is 9.20. The van der Waals surface area contributed by atoms with E-state index in [9.17, 15) is 9.18 Å². The third kappa shape index (κ3) is 5.21. The van der Waals surface area contributed by atoms with Crippen molar-refractivity contribution in [1.29, 1.82) is 0 Å². The Kier molecular flexibility index (Phi) is 7.45. The molecular weight excluding hydrogens is 401 g/mol. The molecule has 0 aliphatic heterocycles. The van der Waals surface area contributed by atoms with Crippen LogP contribution in [0.4, 0.5) is 4.39 Å². The van der Waals surface area contributed by atoms with Crippen molar-refractivity contribution in [3.63, 3.8) is 0 Å². The average molecular weight is 424 g/mol. The van der Waals surface area contributed by atoms with Gasteiger partial charge in [-0.1, -0.05) is 15.9 Å². The topological polar surface area (TPSA) is 38.8 Å². The summed E-state index contributed by atoms with van der Waals surface area (Å²) in [7, 11) is 3.20. The van der Waals surface area contributed by atoms with Crippen LogP contribution in [0.3, 0.4) is 0 Å². The maximum absolute atomic E-state index is 14.0. The molecule has 0 aliphatic carbocycles. The van der Waals surface area contributed by atoms with Crippen LogP contribution in [0.5, 0.6) is 11.5 Å². The summed E-state index contributed by atoms with van der Waals surface area (Å²) in [5.74, 6) is 1.10. The number of hydrogen-bond acceptors (Lipinski definition) is 3. The van der Waals surface area contributed by atoms with E-state index in [1.807, 2.05) is 25.1 Å². The van der Waals surface area contributed by atoms with Crippen molar-refractivity contribution in [3.05, 3.63) is 57.8 Å². The van der Waals surface area contributed by atoms with Gasteiger partial charge in [-0.25, -0.2) is 4.39 Å². The third-order valence-electron chi connectivity index (χ3n) is 4.20. The number of halogens is 2. The standard InChI is InChI=1S/C20H23BrFNO3/c1-4-23(13-15-11-16(21)6-8-18(15)22)20(24)10-5-14-12-17(25-2)7-9-19(14)26-3/h6-9,11-12H,4-5,10,13H2,1-3H3. The Morgan fingerprint density at radius 2 is 1.88 bits per heavy atom. The summed E-state index contributed by atoms with van der Waals surface area (Å²) >= 11 is 3.34. The number of amides is 1. The number of hydrogen-bond donors (Lipinski definition) is 0. The average Bonchev–Trinajstić information content (AvgIpc) is 2.66. The van der Waals surface area contributed by atoms with Gasteiger partial charge in [0.05, 0.1) is 14.2 Å². The van der Waals surface area contributed by atoms with E-state index in [1.165, 1.54) is 6.07 Å². The lowest BCUT2D eigenvalue weighted by Crippen LogP contribution is -2.30. The normalized spacial score (nSPS) is 10.5. The Bertz CT molecular complexity index is 767. The van der Waals surface area contributed by atoms with Crippen LogP contribution in [0, 0.1) is 5.82 Å². The first-order valence-electron chi connectivity index (χ1n) is 8.41.